The number of carbonyl (C=O) groups is 1. The second kappa shape index (κ2) is 9.29. The first-order chi connectivity index (χ1) is 15.0. The van der Waals surface area contributed by atoms with Crippen LogP contribution in [0.5, 0.6) is 0 Å². The zero-order chi connectivity index (χ0) is 21.8. The molecule has 7 heteroatoms. The zero-order valence-electron chi connectivity index (χ0n) is 16.6. The van der Waals surface area contributed by atoms with Crippen LogP contribution in [-0.2, 0) is 24.3 Å². The number of rotatable bonds is 7. The number of aliphatic hydroxyl groups is 1. The Hall–Kier alpha value is -3.22. The molecule has 4 aromatic rings. The molecule has 1 heterocycles. The van der Waals surface area contributed by atoms with E-state index in [2.05, 4.69) is 10.3 Å². The topological polar surface area (TPSA) is 67.2 Å². The van der Waals surface area contributed by atoms with Gasteiger partial charge in [-0.2, -0.15) is 0 Å². The minimum Gasteiger partial charge on any atom is -0.387 e. The van der Waals surface area contributed by atoms with Crippen LogP contribution >= 0.6 is 11.6 Å². The highest BCUT2D eigenvalue weighted by molar-refractivity contribution is 6.30. The fourth-order valence-electron chi connectivity index (χ4n) is 3.44. The molecule has 0 bridgehead atoms. The maximum absolute atomic E-state index is 13.2. The summed E-state index contributed by atoms with van der Waals surface area (Å²) in [7, 11) is 0. The number of para-hydroxylation sites is 2. The van der Waals surface area contributed by atoms with Gasteiger partial charge in [0.25, 0.3) is 0 Å². The molecule has 0 aliphatic heterocycles. The second-order valence-electron chi connectivity index (χ2n) is 7.27. The number of carbonyl (C=O) groups excluding carboxylic acids is 1. The van der Waals surface area contributed by atoms with Crippen LogP contribution < -0.4 is 5.32 Å². The third-order valence-corrected chi connectivity index (χ3v) is 5.32. The summed E-state index contributed by atoms with van der Waals surface area (Å²) in [5.74, 6) is 0.0147. The molecule has 158 valence electrons. The van der Waals surface area contributed by atoms with Crippen LogP contribution in [0.3, 0.4) is 0 Å². The van der Waals surface area contributed by atoms with E-state index in [0.29, 0.717) is 23.0 Å². The predicted molar refractivity (Wildman–Crippen MR) is 118 cm³/mol. The van der Waals surface area contributed by atoms with Gasteiger partial charge in [-0.05, 0) is 47.5 Å². The number of halogens is 2. The monoisotopic (exact) mass is 437 g/mol. The fourth-order valence-corrected chi connectivity index (χ4v) is 3.56. The predicted octanol–water partition coefficient (Wildman–Crippen LogP) is 4.42. The van der Waals surface area contributed by atoms with E-state index < -0.39 is 6.10 Å². The molecule has 0 fully saturated rings. The molecule has 1 unspecified atom stereocenters. The minimum absolute atomic E-state index is 0.0679. The van der Waals surface area contributed by atoms with Crippen molar-refractivity contribution in [1.29, 1.82) is 0 Å². The van der Waals surface area contributed by atoms with Crippen molar-refractivity contribution < 1.29 is 14.3 Å². The lowest BCUT2D eigenvalue weighted by Crippen LogP contribution is -2.26. The maximum Gasteiger partial charge on any atom is 0.227 e. The summed E-state index contributed by atoms with van der Waals surface area (Å²) in [5, 5.41) is 14.2. The van der Waals surface area contributed by atoms with E-state index in [-0.39, 0.29) is 24.7 Å². The Morgan fingerprint density at radius 1 is 1.06 bits per heavy atom. The van der Waals surface area contributed by atoms with Crippen LogP contribution in [0, 0.1) is 5.82 Å². The molecular weight excluding hydrogens is 417 g/mol. The molecular formula is C24H21ClFN3O2. The van der Waals surface area contributed by atoms with Gasteiger partial charge in [-0.25, -0.2) is 9.37 Å². The minimum atomic E-state index is -0.867. The number of nitrogens with one attached hydrogen (secondary N) is 1. The molecule has 0 saturated carbocycles. The van der Waals surface area contributed by atoms with Gasteiger partial charge in [0.05, 0.1) is 30.1 Å². The largest absolute Gasteiger partial charge is 0.387 e. The molecule has 3 aromatic carbocycles. The van der Waals surface area contributed by atoms with Crippen LogP contribution in [0.4, 0.5) is 4.39 Å². The van der Waals surface area contributed by atoms with Gasteiger partial charge in [0, 0.05) is 11.6 Å². The van der Waals surface area contributed by atoms with E-state index in [0.717, 1.165) is 16.6 Å². The van der Waals surface area contributed by atoms with Crippen molar-refractivity contribution in [2.24, 2.45) is 0 Å². The molecule has 4 rings (SSSR count). The number of imidazole rings is 1. The number of aliphatic hydroxyl groups excluding tert-OH is 1. The molecule has 5 nitrogen and oxygen atoms in total. The lowest BCUT2D eigenvalue weighted by molar-refractivity contribution is -0.120. The van der Waals surface area contributed by atoms with E-state index in [4.69, 9.17) is 11.6 Å². The number of amides is 1. The van der Waals surface area contributed by atoms with Gasteiger partial charge in [-0.15, -0.1) is 0 Å². The number of aromatic nitrogens is 2. The lowest BCUT2D eigenvalue weighted by Gasteiger charge is -2.15. The Bertz CT molecular complexity index is 1190. The summed E-state index contributed by atoms with van der Waals surface area (Å²) in [6, 6.07) is 20.5. The standard InChI is InChI=1S/C24H21ClFN3O2/c25-18-9-5-16(6-10-18)14-27-24(31)13-23-28-20-3-1-2-4-21(20)29(23)15-22(30)17-7-11-19(26)12-8-17/h1-12,22,30H,13-15H2,(H,27,31). The van der Waals surface area contributed by atoms with Crippen molar-refractivity contribution >= 4 is 28.5 Å². The third kappa shape index (κ3) is 5.10. The van der Waals surface area contributed by atoms with Gasteiger partial charge in [0.2, 0.25) is 5.91 Å². The molecule has 1 aromatic heterocycles. The van der Waals surface area contributed by atoms with Crippen molar-refractivity contribution in [1.82, 2.24) is 14.9 Å². The fraction of sp³-hybridized carbons (Fsp3) is 0.167. The molecule has 0 aliphatic carbocycles. The SMILES string of the molecule is O=C(Cc1nc2ccccc2n1CC(O)c1ccc(F)cc1)NCc1ccc(Cl)cc1. The molecule has 31 heavy (non-hydrogen) atoms. The maximum atomic E-state index is 13.2. The summed E-state index contributed by atoms with van der Waals surface area (Å²) in [4.78, 5) is 17.2. The zero-order valence-corrected chi connectivity index (χ0v) is 17.4. The van der Waals surface area contributed by atoms with Crippen LogP contribution in [0.2, 0.25) is 5.02 Å². The second-order valence-corrected chi connectivity index (χ2v) is 7.71. The van der Waals surface area contributed by atoms with Crippen LogP contribution in [0.25, 0.3) is 11.0 Å². The van der Waals surface area contributed by atoms with Crippen molar-refractivity contribution in [3.8, 4) is 0 Å². The lowest BCUT2D eigenvalue weighted by atomic mass is 10.1. The Kier molecular flexibility index (Phi) is 6.30. The van der Waals surface area contributed by atoms with E-state index in [1.165, 1.54) is 12.1 Å². The Labute approximate surface area is 184 Å². The van der Waals surface area contributed by atoms with Gasteiger partial charge in [-0.3, -0.25) is 4.79 Å². The third-order valence-electron chi connectivity index (χ3n) is 5.07. The van der Waals surface area contributed by atoms with Gasteiger partial charge >= 0.3 is 0 Å². The number of benzene rings is 3. The summed E-state index contributed by atoms with van der Waals surface area (Å²) in [5.41, 5.74) is 3.11. The van der Waals surface area contributed by atoms with Crippen LogP contribution in [0.15, 0.2) is 72.8 Å². The normalized spacial score (nSPS) is 12.1. The summed E-state index contributed by atoms with van der Waals surface area (Å²) >= 11 is 5.89. The highest BCUT2D eigenvalue weighted by atomic mass is 35.5. The average Bonchev–Trinajstić information content (AvgIpc) is 3.10. The first-order valence-electron chi connectivity index (χ1n) is 9.88. The van der Waals surface area contributed by atoms with Crippen LogP contribution in [0.1, 0.15) is 23.1 Å². The Morgan fingerprint density at radius 3 is 2.52 bits per heavy atom. The van der Waals surface area contributed by atoms with Gasteiger partial charge in [-0.1, -0.05) is 48.0 Å². The molecule has 1 amide bonds. The van der Waals surface area contributed by atoms with E-state index in [1.807, 2.05) is 41.0 Å². The highest BCUT2D eigenvalue weighted by Gasteiger charge is 2.17. The number of hydrogen-bond acceptors (Lipinski definition) is 3. The summed E-state index contributed by atoms with van der Waals surface area (Å²) in [6.07, 6.45) is -0.799. The first-order valence-corrected chi connectivity index (χ1v) is 10.3. The number of fused-ring (bicyclic) bond motifs is 1. The molecule has 0 radical (unpaired) electrons. The molecule has 0 saturated heterocycles. The van der Waals surface area contributed by atoms with Crippen molar-refractivity contribution in [3.05, 3.63) is 101 Å². The highest BCUT2D eigenvalue weighted by Crippen LogP contribution is 2.22. The smallest absolute Gasteiger partial charge is 0.227 e. The molecule has 1 atom stereocenters. The van der Waals surface area contributed by atoms with Gasteiger partial charge in [0.1, 0.15) is 11.6 Å². The van der Waals surface area contributed by atoms with E-state index in [1.54, 1.807) is 24.3 Å². The molecule has 0 spiro atoms. The Balaban J connectivity index is 1.52. The number of hydrogen-bond donors (Lipinski definition) is 2. The summed E-state index contributed by atoms with van der Waals surface area (Å²) < 4.78 is 15.0. The quantitative estimate of drug-likeness (QED) is 0.449. The molecule has 2 N–H and O–H groups in total. The molecule has 0 aliphatic rings. The first kappa shape index (κ1) is 21.0. The van der Waals surface area contributed by atoms with Crippen LogP contribution in [-0.4, -0.2) is 20.6 Å². The van der Waals surface area contributed by atoms with E-state index in [9.17, 15) is 14.3 Å². The van der Waals surface area contributed by atoms with E-state index >= 15 is 0 Å². The van der Waals surface area contributed by atoms with Gasteiger partial charge in [0.15, 0.2) is 0 Å². The average molecular weight is 438 g/mol. The van der Waals surface area contributed by atoms with Crippen molar-refractivity contribution in [3.63, 3.8) is 0 Å². The van der Waals surface area contributed by atoms with Crippen molar-refractivity contribution in [2.75, 3.05) is 0 Å². The number of nitrogens with zero attached hydrogens (tertiary/aromatic N) is 2. The van der Waals surface area contributed by atoms with Gasteiger partial charge < -0.3 is 15.0 Å². The Morgan fingerprint density at radius 2 is 1.77 bits per heavy atom. The van der Waals surface area contributed by atoms with Crippen molar-refractivity contribution in [2.45, 2.75) is 25.6 Å². The summed E-state index contributed by atoms with van der Waals surface area (Å²) in [6.45, 7) is 0.584.